The Morgan fingerprint density at radius 3 is 2.65 bits per heavy atom. The van der Waals surface area contributed by atoms with Crippen LogP contribution in [0.1, 0.15) is 11.4 Å². The molecular weight excluding hydrogens is 316 g/mol. The molecule has 3 nitrogen and oxygen atoms in total. The van der Waals surface area contributed by atoms with Crippen LogP contribution in [0.3, 0.4) is 0 Å². The van der Waals surface area contributed by atoms with E-state index in [0.29, 0.717) is 11.9 Å². The fourth-order valence-electron chi connectivity index (χ4n) is 2.26. The minimum absolute atomic E-state index is 0.00357. The van der Waals surface area contributed by atoms with E-state index in [9.17, 15) is 4.79 Å². The van der Waals surface area contributed by atoms with Crippen molar-refractivity contribution in [3.05, 3.63) is 74.7 Å². The molecule has 0 aliphatic carbocycles. The number of aryl methyl sites for hydroxylation is 1. The van der Waals surface area contributed by atoms with E-state index in [-0.39, 0.29) is 5.56 Å². The Bertz CT molecular complexity index is 825. The molecule has 20 heavy (non-hydrogen) atoms. The average Bonchev–Trinajstić information content (AvgIpc) is 2.44. The second-order valence-electron chi connectivity index (χ2n) is 4.70. The molecule has 0 spiro atoms. The highest BCUT2D eigenvalue weighted by molar-refractivity contribution is 9.10. The van der Waals surface area contributed by atoms with Crippen molar-refractivity contribution in [2.75, 3.05) is 0 Å². The Hall–Kier alpha value is -1.94. The van der Waals surface area contributed by atoms with E-state index < -0.39 is 0 Å². The molecule has 3 rings (SSSR count). The van der Waals surface area contributed by atoms with Crippen LogP contribution in [0.2, 0.25) is 0 Å². The Morgan fingerprint density at radius 2 is 1.90 bits per heavy atom. The smallest absolute Gasteiger partial charge is 0.261 e. The summed E-state index contributed by atoms with van der Waals surface area (Å²) in [6.45, 7) is 2.41. The molecule has 0 amide bonds. The second kappa shape index (κ2) is 5.21. The summed E-state index contributed by atoms with van der Waals surface area (Å²) in [6, 6.07) is 15.5. The summed E-state index contributed by atoms with van der Waals surface area (Å²) in [5.74, 6) is 0.726. The molecular formula is C16H13BrN2O. The monoisotopic (exact) mass is 328 g/mol. The lowest BCUT2D eigenvalue weighted by atomic mass is 10.2. The van der Waals surface area contributed by atoms with E-state index >= 15 is 0 Å². The third kappa shape index (κ3) is 2.39. The van der Waals surface area contributed by atoms with Crippen LogP contribution in [0.5, 0.6) is 0 Å². The SMILES string of the molecule is Cc1nc2cc(Br)ccc2c(=O)n1Cc1ccccc1. The number of hydrogen-bond donors (Lipinski definition) is 0. The van der Waals surface area contributed by atoms with E-state index in [2.05, 4.69) is 20.9 Å². The number of aromatic nitrogens is 2. The quantitative estimate of drug-likeness (QED) is 0.721. The van der Waals surface area contributed by atoms with Gasteiger partial charge >= 0.3 is 0 Å². The first-order chi connectivity index (χ1) is 9.65. The van der Waals surface area contributed by atoms with E-state index in [0.717, 1.165) is 21.4 Å². The molecule has 0 saturated heterocycles. The Balaban J connectivity index is 2.17. The largest absolute Gasteiger partial charge is 0.292 e. The van der Waals surface area contributed by atoms with Crippen molar-refractivity contribution in [2.45, 2.75) is 13.5 Å². The van der Waals surface area contributed by atoms with Gasteiger partial charge in [-0.3, -0.25) is 9.36 Å². The summed E-state index contributed by atoms with van der Waals surface area (Å²) in [5.41, 5.74) is 1.83. The molecule has 1 heterocycles. The van der Waals surface area contributed by atoms with Gasteiger partial charge in [0.15, 0.2) is 0 Å². The highest BCUT2D eigenvalue weighted by Crippen LogP contribution is 2.16. The lowest BCUT2D eigenvalue weighted by Crippen LogP contribution is -2.24. The van der Waals surface area contributed by atoms with Gasteiger partial charge in [0, 0.05) is 4.47 Å². The number of hydrogen-bond acceptors (Lipinski definition) is 2. The predicted molar refractivity (Wildman–Crippen MR) is 84.0 cm³/mol. The zero-order chi connectivity index (χ0) is 14.1. The Labute approximate surface area is 125 Å². The molecule has 0 aliphatic rings. The first-order valence-corrected chi connectivity index (χ1v) is 7.15. The molecule has 0 unspecified atom stereocenters. The standard InChI is InChI=1S/C16H13BrN2O/c1-11-18-15-9-13(17)7-8-14(15)16(20)19(11)10-12-5-3-2-4-6-12/h2-9H,10H2,1H3. The van der Waals surface area contributed by atoms with Crippen LogP contribution < -0.4 is 5.56 Å². The molecule has 0 bridgehead atoms. The van der Waals surface area contributed by atoms with Gasteiger partial charge < -0.3 is 0 Å². The molecule has 0 atom stereocenters. The van der Waals surface area contributed by atoms with Crippen molar-refractivity contribution in [1.29, 1.82) is 0 Å². The summed E-state index contributed by atoms with van der Waals surface area (Å²) < 4.78 is 2.64. The third-order valence-electron chi connectivity index (χ3n) is 3.29. The number of benzene rings is 2. The van der Waals surface area contributed by atoms with E-state index in [1.807, 2.05) is 55.5 Å². The Morgan fingerprint density at radius 1 is 1.15 bits per heavy atom. The molecule has 0 saturated carbocycles. The van der Waals surface area contributed by atoms with Gasteiger partial charge in [-0.2, -0.15) is 0 Å². The molecule has 0 radical (unpaired) electrons. The molecule has 100 valence electrons. The van der Waals surface area contributed by atoms with Crippen molar-refractivity contribution >= 4 is 26.8 Å². The zero-order valence-electron chi connectivity index (χ0n) is 11.0. The van der Waals surface area contributed by atoms with E-state index in [1.54, 1.807) is 4.57 Å². The minimum Gasteiger partial charge on any atom is -0.292 e. The van der Waals surface area contributed by atoms with Crippen LogP contribution in [-0.4, -0.2) is 9.55 Å². The summed E-state index contributed by atoms with van der Waals surface area (Å²) in [5, 5.41) is 0.648. The van der Waals surface area contributed by atoms with Crippen molar-refractivity contribution in [3.8, 4) is 0 Å². The molecule has 0 aliphatic heterocycles. The summed E-state index contributed by atoms with van der Waals surface area (Å²) in [6.07, 6.45) is 0. The van der Waals surface area contributed by atoms with Gasteiger partial charge in [-0.05, 0) is 30.7 Å². The van der Waals surface area contributed by atoms with Crippen molar-refractivity contribution in [2.24, 2.45) is 0 Å². The van der Waals surface area contributed by atoms with E-state index in [1.165, 1.54) is 0 Å². The third-order valence-corrected chi connectivity index (χ3v) is 3.78. The van der Waals surface area contributed by atoms with Crippen LogP contribution in [0.15, 0.2) is 57.8 Å². The summed E-state index contributed by atoms with van der Waals surface area (Å²) >= 11 is 3.40. The fraction of sp³-hybridized carbons (Fsp3) is 0.125. The zero-order valence-corrected chi connectivity index (χ0v) is 12.6. The van der Waals surface area contributed by atoms with Crippen LogP contribution >= 0.6 is 15.9 Å². The van der Waals surface area contributed by atoms with Crippen LogP contribution in [0.4, 0.5) is 0 Å². The highest BCUT2D eigenvalue weighted by Gasteiger charge is 2.08. The maximum Gasteiger partial charge on any atom is 0.261 e. The van der Waals surface area contributed by atoms with Crippen LogP contribution in [0, 0.1) is 6.92 Å². The van der Waals surface area contributed by atoms with Gasteiger partial charge in [0.2, 0.25) is 0 Å². The molecule has 3 aromatic rings. The van der Waals surface area contributed by atoms with Gasteiger partial charge in [-0.1, -0.05) is 46.3 Å². The predicted octanol–water partition coefficient (Wildman–Crippen LogP) is 3.52. The van der Waals surface area contributed by atoms with Crippen LogP contribution in [0.25, 0.3) is 10.9 Å². The second-order valence-corrected chi connectivity index (χ2v) is 5.61. The number of rotatable bonds is 2. The van der Waals surface area contributed by atoms with Crippen LogP contribution in [-0.2, 0) is 6.54 Å². The van der Waals surface area contributed by atoms with Crippen molar-refractivity contribution in [1.82, 2.24) is 9.55 Å². The minimum atomic E-state index is 0.00357. The lowest BCUT2D eigenvalue weighted by Gasteiger charge is -2.11. The topological polar surface area (TPSA) is 34.9 Å². The molecule has 1 aromatic heterocycles. The lowest BCUT2D eigenvalue weighted by molar-refractivity contribution is 0.713. The van der Waals surface area contributed by atoms with Gasteiger partial charge in [-0.25, -0.2) is 4.98 Å². The maximum absolute atomic E-state index is 12.6. The number of fused-ring (bicyclic) bond motifs is 1. The van der Waals surface area contributed by atoms with Crippen molar-refractivity contribution < 1.29 is 0 Å². The first kappa shape index (κ1) is 13.1. The number of halogens is 1. The van der Waals surface area contributed by atoms with Crippen molar-refractivity contribution in [3.63, 3.8) is 0 Å². The van der Waals surface area contributed by atoms with E-state index in [4.69, 9.17) is 0 Å². The summed E-state index contributed by atoms with van der Waals surface area (Å²) in [7, 11) is 0. The molecule has 4 heteroatoms. The maximum atomic E-state index is 12.6. The molecule has 0 fully saturated rings. The first-order valence-electron chi connectivity index (χ1n) is 6.36. The average molecular weight is 329 g/mol. The van der Waals surface area contributed by atoms with Gasteiger partial charge in [0.05, 0.1) is 17.4 Å². The molecule has 2 aromatic carbocycles. The molecule has 0 N–H and O–H groups in total. The Kier molecular flexibility index (Phi) is 3.40. The van der Waals surface area contributed by atoms with Gasteiger partial charge in [-0.15, -0.1) is 0 Å². The number of nitrogens with zero attached hydrogens (tertiary/aromatic N) is 2. The van der Waals surface area contributed by atoms with Gasteiger partial charge in [0.25, 0.3) is 5.56 Å². The van der Waals surface area contributed by atoms with Gasteiger partial charge in [0.1, 0.15) is 5.82 Å². The normalized spacial score (nSPS) is 10.9. The highest BCUT2D eigenvalue weighted by atomic mass is 79.9. The fourth-order valence-corrected chi connectivity index (χ4v) is 2.61. The summed E-state index contributed by atoms with van der Waals surface area (Å²) in [4.78, 5) is 17.1.